The SMILES string of the molecule is CCN1CCC(c2nn(-c3ccccc3C#N)c3c2CCN3)CC1. The fourth-order valence-electron chi connectivity index (χ4n) is 3.98. The molecule has 0 atom stereocenters. The summed E-state index contributed by atoms with van der Waals surface area (Å²) in [7, 11) is 0. The maximum Gasteiger partial charge on any atom is 0.133 e. The third-order valence-corrected chi connectivity index (χ3v) is 5.36. The first-order valence-electron chi connectivity index (χ1n) is 8.89. The first-order chi connectivity index (χ1) is 11.8. The first kappa shape index (κ1) is 15.2. The minimum absolute atomic E-state index is 0.539. The van der Waals surface area contributed by atoms with Gasteiger partial charge >= 0.3 is 0 Å². The van der Waals surface area contributed by atoms with Crippen molar-refractivity contribution in [3.8, 4) is 11.8 Å². The van der Waals surface area contributed by atoms with E-state index in [1.807, 2.05) is 28.9 Å². The average Bonchev–Trinajstić information content (AvgIpc) is 3.24. The van der Waals surface area contributed by atoms with Gasteiger partial charge in [0.2, 0.25) is 0 Å². The Morgan fingerprint density at radius 1 is 1.29 bits per heavy atom. The Kier molecular flexibility index (Phi) is 3.99. The number of hydrogen-bond donors (Lipinski definition) is 1. The van der Waals surface area contributed by atoms with Gasteiger partial charge in [0.1, 0.15) is 11.9 Å². The highest BCUT2D eigenvalue weighted by Gasteiger charge is 2.30. The fraction of sp³-hybridized carbons (Fsp3) is 0.474. The summed E-state index contributed by atoms with van der Waals surface area (Å²) in [5.74, 6) is 1.63. The molecule has 0 saturated carbocycles. The van der Waals surface area contributed by atoms with E-state index >= 15 is 0 Å². The minimum Gasteiger partial charge on any atom is -0.369 e. The van der Waals surface area contributed by atoms with Crippen LogP contribution in [0.3, 0.4) is 0 Å². The van der Waals surface area contributed by atoms with Crippen LogP contribution in [0.15, 0.2) is 24.3 Å². The van der Waals surface area contributed by atoms with Gasteiger partial charge < -0.3 is 10.2 Å². The van der Waals surface area contributed by atoms with Crippen molar-refractivity contribution in [2.75, 3.05) is 31.5 Å². The lowest BCUT2D eigenvalue weighted by atomic mass is 9.91. The van der Waals surface area contributed by atoms with Crippen LogP contribution in [-0.4, -0.2) is 40.9 Å². The summed E-state index contributed by atoms with van der Waals surface area (Å²) < 4.78 is 1.96. The standard InChI is InChI=1S/C19H23N5/c1-2-23-11-8-14(9-12-23)18-16-7-10-21-19(16)24(22-18)17-6-4-3-5-15(17)13-20/h3-6,14,21H,2,7-12H2,1H3. The minimum atomic E-state index is 0.539. The highest BCUT2D eigenvalue weighted by Crippen LogP contribution is 2.37. The number of nitriles is 1. The molecule has 5 nitrogen and oxygen atoms in total. The molecule has 1 saturated heterocycles. The second-order valence-corrected chi connectivity index (χ2v) is 6.64. The molecular formula is C19H23N5. The molecule has 4 rings (SSSR count). The van der Waals surface area contributed by atoms with Crippen LogP contribution in [0.5, 0.6) is 0 Å². The van der Waals surface area contributed by atoms with E-state index in [9.17, 15) is 5.26 Å². The van der Waals surface area contributed by atoms with Gasteiger partial charge in [0.25, 0.3) is 0 Å². The lowest BCUT2D eigenvalue weighted by molar-refractivity contribution is 0.220. The molecule has 1 N–H and O–H groups in total. The van der Waals surface area contributed by atoms with E-state index in [1.165, 1.54) is 24.1 Å². The maximum atomic E-state index is 9.42. The molecule has 0 radical (unpaired) electrons. The molecule has 2 aliphatic rings. The second-order valence-electron chi connectivity index (χ2n) is 6.64. The van der Waals surface area contributed by atoms with Crippen LogP contribution in [-0.2, 0) is 6.42 Å². The molecule has 0 unspecified atom stereocenters. The third kappa shape index (κ3) is 2.47. The van der Waals surface area contributed by atoms with Gasteiger partial charge in [-0.2, -0.15) is 10.4 Å². The van der Waals surface area contributed by atoms with Crippen LogP contribution in [0.2, 0.25) is 0 Å². The Morgan fingerprint density at radius 3 is 2.83 bits per heavy atom. The largest absolute Gasteiger partial charge is 0.369 e. The summed E-state index contributed by atoms with van der Waals surface area (Å²) >= 11 is 0. The maximum absolute atomic E-state index is 9.42. The van der Waals surface area contributed by atoms with Crippen molar-refractivity contribution in [3.05, 3.63) is 41.1 Å². The van der Waals surface area contributed by atoms with Crippen LogP contribution in [0.1, 0.15) is 42.5 Å². The van der Waals surface area contributed by atoms with Crippen molar-refractivity contribution in [2.45, 2.75) is 32.1 Å². The van der Waals surface area contributed by atoms with E-state index in [0.717, 1.165) is 44.1 Å². The van der Waals surface area contributed by atoms with E-state index in [0.29, 0.717) is 11.5 Å². The summed E-state index contributed by atoms with van der Waals surface area (Å²) in [6.07, 6.45) is 3.39. The number of rotatable bonds is 3. The van der Waals surface area contributed by atoms with Gasteiger partial charge in [0.15, 0.2) is 0 Å². The van der Waals surface area contributed by atoms with Crippen LogP contribution >= 0.6 is 0 Å². The number of hydrogen-bond acceptors (Lipinski definition) is 4. The number of para-hydroxylation sites is 1. The van der Waals surface area contributed by atoms with Gasteiger partial charge in [-0.05, 0) is 51.0 Å². The number of aromatic nitrogens is 2. The van der Waals surface area contributed by atoms with E-state index in [1.54, 1.807) is 0 Å². The van der Waals surface area contributed by atoms with Crippen LogP contribution in [0, 0.1) is 11.3 Å². The quantitative estimate of drug-likeness (QED) is 0.944. The molecule has 2 aromatic rings. The van der Waals surface area contributed by atoms with E-state index < -0.39 is 0 Å². The number of piperidine rings is 1. The Balaban J connectivity index is 1.72. The van der Waals surface area contributed by atoms with Gasteiger partial charge in [-0.25, -0.2) is 4.68 Å². The number of nitrogens with zero attached hydrogens (tertiary/aromatic N) is 4. The summed E-state index contributed by atoms with van der Waals surface area (Å²) in [6, 6.07) is 10.0. The highest BCUT2D eigenvalue weighted by atomic mass is 15.3. The van der Waals surface area contributed by atoms with E-state index in [4.69, 9.17) is 5.10 Å². The van der Waals surface area contributed by atoms with Gasteiger partial charge in [0.05, 0.1) is 16.9 Å². The number of anilines is 1. The zero-order chi connectivity index (χ0) is 16.5. The lowest BCUT2D eigenvalue weighted by Crippen LogP contribution is -2.33. The molecule has 0 spiro atoms. The zero-order valence-electron chi connectivity index (χ0n) is 14.1. The van der Waals surface area contributed by atoms with Gasteiger partial charge in [-0.3, -0.25) is 0 Å². The third-order valence-electron chi connectivity index (χ3n) is 5.36. The number of nitrogens with one attached hydrogen (secondary N) is 1. The predicted molar refractivity (Wildman–Crippen MR) is 94.6 cm³/mol. The first-order valence-corrected chi connectivity index (χ1v) is 8.89. The van der Waals surface area contributed by atoms with Crippen molar-refractivity contribution >= 4 is 5.82 Å². The molecule has 1 aromatic heterocycles. The summed E-state index contributed by atoms with van der Waals surface area (Å²) in [5, 5.41) is 17.9. The van der Waals surface area contributed by atoms with Crippen LogP contribution < -0.4 is 5.32 Å². The molecule has 0 aliphatic carbocycles. The number of likely N-dealkylation sites (tertiary alicyclic amines) is 1. The van der Waals surface area contributed by atoms with Gasteiger partial charge in [-0.1, -0.05) is 19.1 Å². The molecule has 3 heterocycles. The normalized spacial score (nSPS) is 18.2. The average molecular weight is 321 g/mol. The molecule has 0 bridgehead atoms. The summed E-state index contributed by atoms with van der Waals surface area (Å²) in [6.45, 7) is 6.64. The molecule has 124 valence electrons. The van der Waals surface area contributed by atoms with Gasteiger partial charge in [0, 0.05) is 18.0 Å². The van der Waals surface area contributed by atoms with E-state index in [2.05, 4.69) is 23.2 Å². The summed E-state index contributed by atoms with van der Waals surface area (Å²) in [4.78, 5) is 2.51. The lowest BCUT2D eigenvalue weighted by Gasteiger charge is -2.30. The Hall–Kier alpha value is -2.32. The van der Waals surface area contributed by atoms with Crippen molar-refractivity contribution in [1.82, 2.24) is 14.7 Å². The highest BCUT2D eigenvalue weighted by molar-refractivity contribution is 5.60. The van der Waals surface area contributed by atoms with Crippen molar-refractivity contribution in [1.29, 1.82) is 5.26 Å². The van der Waals surface area contributed by atoms with E-state index in [-0.39, 0.29) is 0 Å². The molecule has 1 fully saturated rings. The fourth-order valence-corrected chi connectivity index (χ4v) is 3.98. The number of benzene rings is 1. The van der Waals surface area contributed by atoms with Crippen molar-refractivity contribution in [3.63, 3.8) is 0 Å². The molecular weight excluding hydrogens is 298 g/mol. The molecule has 5 heteroatoms. The molecule has 0 amide bonds. The Morgan fingerprint density at radius 2 is 2.08 bits per heavy atom. The zero-order valence-corrected chi connectivity index (χ0v) is 14.1. The smallest absolute Gasteiger partial charge is 0.133 e. The number of fused-ring (bicyclic) bond motifs is 1. The van der Waals surface area contributed by atoms with Crippen LogP contribution in [0.4, 0.5) is 5.82 Å². The monoisotopic (exact) mass is 321 g/mol. The van der Waals surface area contributed by atoms with Gasteiger partial charge in [-0.15, -0.1) is 0 Å². The molecule has 1 aromatic carbocycles. The second kappa shape index (κ2) is 6.29. The Labute approximate surface area is 142 Å². The summed E-state index contributed by atoms with van der Waals surface area (Å²) in [5.41, 5.74) is 4.16. The van der Waals surface area contributed by atoms with Crippen molar-refractivity contribution in [2.24, 2.45) is 0 Å². The van der Waals surface area contributed by atoms with Crippen LogP contribution in [0.25, 0.3) is 5.69 Å². The molecule has 24 heavy (non-hydrogen) atoms. The topological polar surface area (TPSA) is 56.9 Å². The Bertz CT molecular complexity index is 778. The predicted octanol–water partition coefficient (Wildman–Crippen LogP) is 2.91. The molecule has 2 aliphatic heterocycles. The van der Waals surface area contributed by atoms with Crippen molar-refractivity contribution < 1.29 is 0 Å².